The Kier molecular flexibility index (Phi) is 8.57. The van der Waals surface area contributed by atoms with E-state index < -0.39 is 0 Å². The van der Waals surface area contributed by atoms with Crippen LogP contribution < -0.4 is 15.0 Å². The fourth-order valence-electron chi connectivity index (χ4n) is 4.97. The van der Waals surface area contributed by atoms with Gasteiger partial charge in [0.2, 0.25) is 0 Å². The Morgan fingerprint density at radius 1 is 1.14 bits per heavy atom. The Hall–Kier alpha value is -3.07. The van der Waals surface area contributed by atoms with Gasteiger partial charge in [0.15, 0.2) is 5.78 Å². The third kappa shape index (κ3) is 5.61. The first kappa shape index (κ1) is 28.5. The number of nitrogens with one attached hydrogen (secondary N) is 2. The average Bonchev–Trinajstić information content (AvgIpc) is 3.46. The van der Waals surface area contributed by atoms with Gasteiger partial charge in [-0.25, -0.2) is 0 Å². The molecule has 0 aliphatic carbocycles. The molecule has 4 rings (SSSR count). The minimum absolute atomic E-state index is 0. The highest BCUT2D eigenvalue weighted by Gasteiger charge is 2.31. The molecule has 1 amide bonds. The maximum atomic E-state index is 13.5. The van der Waals surface area contributed by atoms with Crippen molar-refractivity contribution >= 4 is 40.2 Å². The molecule has 0 unspecified atom stereocenters. The number of amidine groups is 1. The predicted octanol–water partition coefficient (Wildman–Crippen LogP) is 4.65. The van der Waals surface area contributed by atoms with Crippen molar-refractivity contribution in [2.24, 2.45) is 0 Å². The summed E-state index contributed by atoms with van der Waals surface area (Å²) in [4.78, 5) is 29.8. The summed E-state index contributed by atoms with van der Waals surface area (Å²) in [5.74, 6) is 0.528. The summed E-state index contributed by atoms with van der Waals surface area (Å²) in [6.45, 7) is 10.5. The number of ketones is 1. The van der Waals surface area contributed by atoms with Crippen LogP contribution >= 0.6 is 17.0 Å². The molecule has 37 heavy (non-hydrogen) atoms. The van der Waals surface area contributed by atoms with Crippen LogP contribution in [0.1, 0.15) is 77.9 Å². The van der Waals surface area contributed by atoms with Crippen LogP contribution in [0.15, 0.2) is 24.3 Å². The highest BCUT2D eigenvalue weighted by atomic mass is 79.9. The van der Waals surface area contributed by atoms with Crippen LogP contribution in [0.4, 0.5) is 5.69 Å². The Morgan fingerprint density at radius 3 is 2.41 bits per heavy atom. The number of ether oxygens (including phenoxy) is 1. The number of rotatable bonds is 7. The highest BCUT2D eigenvalue weighted by molar-refractivity contribution is 8.93. The predicted molar refractivity (Wildman–Crippen MR) is 151 cm³/mol. The van der Waals surface area contributed by atoms with Gasteiger partial charge < -0.3 is 25.0 Å². The van der Waals surface area contributed by atoms with Gasteiger partial charge in [-0.15, -0.1) is 17.0 Å². The van der Waals surface area contributed by atoms with Gasteiger partial charge in [0.05, 0.1) is 24.4 Å². The summed E-state index contributed by atoms with van der Waals surface area (Å²) in [6, 6.07) is 7.06. The number of carbonyl (C=O) groups is 2. The zero-order valence-electron chi connectivity index (χ0n) is 22.2. The number of hydrogen-bond donors (Lipinski definition) is 3. The zero-order chi connectivity index (χ0) is 26.2. The summed E-state index contributed by atoms with van der Waals surface area (Å²) >= 11 is 0. The Labute approximate surface area is 229 Å². The molecule has 9 heteroatoms. The van der Waals surface area contributed by atoms with Crippen LogP contribution in [-0.2, 0) is 12.0 Å². The number of carbonyl (C=O) groups excluding carboxylic acids is 2. The van der Waals surface area contributed by atoms with Gasteiger partial charge in [0.1, 0.15) is 17.3 Å². The molecule has 1 saturated heterocycles. The minimum Gasteiger partial charge on any atom is -0.505 e. The van der Waals surface area contributed by atoms with Crippen LogP contribution in [0.2, 0.25) is 0 Å². The summed E-state index contributed by atoms with van der Waals surface area (Å²) in [5.41, 5.74) is 3.50. The van der Waals surface area contributed by atoms with Crippen LogP contribution in [0.3, 0.4) is 0 Å². The molecule has 0 aromatic heterocycles. The molecule has 3 N–H and O–H groups in total. The number of aromatic hydroxyl groups is 1. The van der Waals surface area contributed by atoms with Gasteiger partial charge in [0, 0.05) is 43.4 Å². The summed E-state index contributed by atoms with van der Waals surface area (Å²) in [6.07, 6.45) is 2.13. The second-order valence-electron chi connectivity index (χ2n) is 10.5. The number of hydrogen-bond acceptors (Lipinski definition) is 6. The molecule has 2 aromatic carbocycles. The van der Waals surface area contributed by atoms with E-state index in [1.165, 1.54) is 0 Å². The van der Waals surface area contributed by atoms with E-state index in [2.05, 4.69) is 10.2 Å². The first-order chi connectivity index (χ1) is 17.0. The molecule has 0 atom stereocenters. The normalized spacial score (nSPS) is 14.9. The lowest BCUT2D eigenvalue weighted by Crippen LogP contribution is -2.30. The van der Waals surface area contributed by atoms with Crippen molar-refractivity contribution in [3.05, 3.63) is 52.1 Å². The Balaban J connectivity index is 0.00000380. The average molecular weight is 574 g/mol. The molecule has 2 aromatic rings. The smallest absolute Gasteiger partial charge is 0.254 e. The summed E-state index contributed by atoms with van der Waals surface area (Å²) < 4.78 is 5.68. The molecule has 1 fully saturated rings. The van der Waals surface area contributed by atoms with Crippen LogP contribution in [0.5, 0.6) is 11.5 Å². The monoisotopic (exact) mass is 572 g/mol. The van der Waals surface area contributed by atoms with Crippen LogP contribution in [-0.4, -0.2) is 60.8 Å². The number of amides is 1. The number of benzene rings is 2. The number of anilines is 1. The van der Waals surface area contributed by atoms with Crippen molar-refractivity contribution in [3.63, 3.8) is 0 Å². The van der Waals surface area contributed by atoms with Crippen molar-refractivity contribution in [1.29, 1.82) is 5.41 Å². The van der Waals surface area contributed by atoms with E-state index >= 15 is 0 Å². The third-order valence-electron chi connectivity index (χ3n) is 6.91. The van der Waals surface area contributed by atoms with E-state index in [-0.39, 0.29) is 52.2 Å². The third-order valence-corrected chi connectivity index (χ3v) is 6.91. The van der Waals surface area contributed by atoms with Gasteiger partial charge >= 0.3 is 0 Å². The molecular weight excluding hydrogens is 536 g/mol. The maximum absolute atomic E-state index is 13.5. The topological polar surface area (TPSA) is 106 Å². The number of phenolic OH excluding ortho intramolecular Hbond substituents is 1. The minimum atomic E-state index is -0.336. The van der Waals surface area contributed by atoms with Gasteiger partial charge in [-0.2, -0.15) is 0 Å². The van der Waals surface area contributed by atoms with Gasteiger partial charge in [0.25, 0.3) is 5.91 Å². The second kappa shape index (κ2) is 11.1. The molecule has 2 aliphatic heterocycles. The first-order valence-corrected chi connectivity index (χ1v) is 12.6. The molecule has 2 aliphatic rings. The molecule has 2 heterocycles. The SMILES string of the molecule is Br.CCOc1cc2c(cc1C(=O)NC)C(=N)N(CC(=O)c1cc(N3CCCC3)c(O)c(C(C)(C)C)c1)C2. The molecule has 0 radical (unpaired) electrons. The second-order valence-corrected chi connectivity index (χ2v) is 10.5. The fourth-order valence-corrected chi connectivity index (χ4v) is 4.97. The van der Waals surface area contributed by atoms with Gasteiger partial charge in [-0.1, -0.05) is 20.8 Å². The van der Waals surface area contributed by atoms with Crippen LogP contribution in [0, 0.1) is 5.41 Å². The van der Waals surface area contributed by atoms with Gasteiger partial charge in [-0.05, 0) is 55.0 Å². The Bertz CT molecular complexity index is 1220. The number of halogens is 1. The quantitative estimate of drug-likeness (QED) is 0.417. The van der Waals surface area contributed by atoms with E-state index in [9.17, 15) is 14.7 Å². The number of nitrogens with zero attached hydrogens (tertiary/aromatic N) is 2. The number of phenols is 1. The van der Waals surface area contributed by atoms with Crippen molar-refractivity contribution in [3.8, 4) is 11.5 Å². The standard InChI is InChI=1S/C28H36N4O4.BrH/c1-6-36-24-13-18-15-32(26(29)19(18)14-20(24)27(35)30-5)16-23(33)17-11-21(28(2,3)4)25(34)22(12-17)31-9-7-8-10-31;/h11-14,29,34H,6-10,15-16H2,1-5H3,(H,30,35);1H. The molecular formula is C28H37BrN4O4. The molecule has 200 valence electrons. The maximum Gasteiger partial charge on any atom is 0.254 e. The van der Waals surface area contributed by atoms with Crippen molar-refractivity contribution < 1.29 is 19.4 Å². The molecule has 0 spiro atoms. The van der Waals surface area contributed by atoms with E-state index in [0.29, 0.717) is 41.3 Å². The van der Waals surface area contributed by atoms with E-state index in [1.54, 1.807) is 36.2 Å². The van der Waals surface area contributed by atoms with Gasteiger partial charge in [-0.3, -0.25) is 15.0 Å². The largest absolute Gasteiger partial charge is 0.505 e. The Morgan fingerprint density at radius 2 is 1.81 bits per heavy atom. The summed E-state index contributed by atoms with van der Waals surface area (Å²) in [7, 11) is 1.56. The molecule has 0 bridgehead atoms. The van der Waals surface area contributed by atoms with E-state index in [4.69, 9.17) is 10.1 Å². The lowest BCUT2D eigenvalue weighted by molar-refractivity contribution is 0.0953. The number of Topliss-reactive ketones (excluding diaryl/α,β-unsaturated/α-hetero) is 1. The lowest BCUT2D eigenvalue weighted by atomic mass is 9.84. The molecule has 8 nitrogen and oxygen atoms in total. The van der Waals surface area contributed by atoms with E-state index in [0.717, 1.165) is 37.1 Å². The lowest BCUT2D eigenvalue weighted by Gasteiger charge is -2.27. The first-order valence-electron chi connectivity index (χ1n) is 12.6. The van der Waals surface area contributed by atoms with Crippen molar-refractivity contribution in [2.45, 2.75) is 52.5 Å². The fraction of sp³-hybridized carbons (Fsp3) is 0.464. The summed E-state index contributed by atoms with van der Waals surface area (Å²) in [5, 5.41) is 22.4. The zero-order valence-corrected chi connectivity index (χ0v) is 23.9. The molecule has 0 saturated carbocycles. The van der Waals surface area contributed by atoms with Crippen molar-refractivity contribution in [2.75, 3.05) is 38.2 Å². The van der Waals surface area contributed by atoms with Crippen molar-refractivity contribution in [1.82, 2.24) is 10.2 Å². The van der Waals surface area contributed by atoms with Crippen LogP contribution in [0.25, 0.3) is 0 Å². The van der Waals surface area contributed by atoms with E-state index in [1.807, 2.05) is 27.7 Å². The highest BCUT2D eigenvalue weighted by Crippen LogP contribution is 2.40. The number of fused-ring (bicyclic) bond motifs is 1.